The van der Waals surface area contributed by atoms with Crippen LogP contribution >= 0.6 is 0 Å². The molecule has 1 saturated carbocycles. The number of terminal acetylenes is 1. The van der Waals surface area contributed by atoms with Crippen molar-refractivity contribution in [2.45, 2.75) is 89.9 Å². The zero-order valence-electron chi connectivity index (χ0n) is 41.1. The minimum Gasteiger partial charge on any atom is -0.508 e. The Morgan fingerprint density at radius 1 is 0.889 bits per heavy atom. The zero-order chi connectivity index (χ0) is 49.8. The highest BCUT2D eigenvalue weighted by molar-refractivity contribution is 6.06. The number of benzene rings is 3. The molecule has 3 aromatic carbocycles. The van der Waals surface area contributed by atoms with Gasteiger partial charge in [-0.1, -0.05) is 25.8 Å². The number of carbonyl (C=O) groups excluding carboxylic acids is 3. The minimum absolute atomic E-state index is 0.0300. The Labute approximate surface area is 418 Å². The van der Waals surface area contributed by atoms with Gasteiger partial charge in [0.05, 0.1) is 17.6 Å². The SMILES string of the molecule is C#Cc1c(F)ccc2cc(O)cc(-c3ncc4c(N5CC(CC)NC(CC)C5)nc(OCC5(CN6CCN(CC7CCN(c8ccc9c(c8)CN(C8CCC(=O)NC8=O)C9=O)CC7)CC6)CC5)nc4c3F)c12. The van der Waals surface area contributed by atoms with E-state index in [1.165, 1.54) is 24.3 Å². The van der Waals surface area contributed by atoms with Crippen LogP contribution in [0.4, 0.5) is 20.3 Å². The molecule has 5 aliphatic heterocycles. The second-order valence-corrected chi connectivity index (χ2v) is 21.0. The van der Waals surface area contributed by atoms with Gasteiger partial charge in [-0.2, -0.15) is 9.97 Å². The summed E-state index contributed by atoms with van der Waals surface area (Å²) in [5.74, 6) is 1.24. The fourth-order valence-electron chi connectivity index (χ4n) is 11.8. The number of fused-ring (bicyclic) bond motifs is 3. The summed E-state index contributed by atoms with van der Waals surface area (Å²) in [4.78, 5) is 63.2. The van der Waals surface area contributed by atoms with Crippen molar-refractivity contribution in [3.8, 4) is 35.4 Å². The van der Waals surface area contributed by atoms with Crippen LogP contribution in [-0.4, -0.2) is 143 Å². The lowest BCUT2D eigenvalue weighted by molar-refractivity contribution is -0.136. The number of piperazine rings is 2. The van der Waals surface area contributed by atoms with Crippen molar-refractivity contribution in [1.29, 1.82) is 0 Å². The number of hydrogen-bond acceptors (Lipinski definition) is 13. The van der Waals surface area contributed by atoms with E-state index in [0.29, 0.717) is 60.7 Å². The number of hydrogen-bond donors (Lipinski definition) is 3. The summed E-state index contributed by atoms with van der Waals surface area (Å²) in [7, 11) is 0. The van der Waals surface area contributed by atoms with Gasteiger partial charge in [0.15, 0.2) is 5.82 Å². The molecule has 4 saturated heterocycles. The van der Waals surface area contributed by atoms with Crippen molar-refractivity contribution in [3.05, 3.63) is 77.0 Å². The van der Waals surface area contributed by atoms with Gasteiger partial charge < -0.3 is 39.7 Å². The van der Waals surface area contributed by atoms with Crippen molar-refractivity contribution < 1.29 is 33.0 Å². The molecule has 3 unspecified atom stereocenters. The van der Waals surface area contributed by atoms with E-state index in [4.69, 9.17) is 21.1 Å². The maximum atomic E-state index is 17.2. The number of rotatable bonds is 13. The normalized spacial score (nSPS) is 22.9. The number of pyridine rings is 1. The predicted molar refractivity (Wildman–Crippen MR) is 271 cm³/mol. The summed E-state index contributed by atoms with van der Waals surface area (Å²) < 4.78 is 38.9. The van der Waals surface area contributed by atoms with Crippen LogP contribution in [0.1, 0.15) is 86.7 Å². The highest BCUT2D eigenvalue weighted by atomic mass is 19.1. The van der Waals surface area contributed by atoms with E-state index in [1.54, 1.807) is 11.1 Å². The average molecular weight is 981 g/mol. The van der Waals surface area contributed by atoms with Gasteiger partial charge in [-0.15, -0.1) is 6.42 Å². The number of ether oxygens (including phenoxy) is 1. The third kappa shape index (κ3) is 9.29. The molecule has 5 aromatic rings. The summed E-state index contributed by atoms with van der Waals surface area (Å²) in [6.07, 6.45) is 14.0. The molecule has 0 bridgehead atoms. The van der Waals surface area contributed by atoms with Gasteiger partial charge in [0, 0.05) is 124 Å². The van der Waals surface area contributed by atoms with Gasteiger partial charge in [0.2, 0.25) is 11.8 Å². The summed E-state index contributed by atoms with van der Waals surface area (Å²) in [6.45, 7) is 14.2. The van der Waals surface area contributed by atoms with E-state index < -0.39 is 23.6 Å². The van der Waals surface area contributed by atoms with Gasteiger partial charge >= 0.3 is 6.01 Å². The Morgan fingerprint density at radius 3 is 2.35 bits per heavy atom. The fourth-order valence-corrected chi connectivity index (χ4v) is 11.8. The topological polar surface area (TPSA) is 160 Å². The molecular weight excluding hydrogens is 919 g/mol. The second kappa shape index (κ2) is 19.5. The molecule has 3 N–H and O–H groups in total. The van der Waals surface area contributed by atoms with Crippen LogP contribution in [0, 0.1) is 35.3 Å². The summed E-state index contributed by atoms with van der Waals surface area (Å²) in [5, 5.41) is 18.0. The first-order valence-electron chi connectivity index (χ1n) is 25.8. The van der Waals surface area contributed by atoms with Crippen LogP contribution < -0.4 is 25.2 Å². The highest BCUT2D eigenvalue weighted by Crippen LogP contribution is 2.47. The number of phenolic OH excluding ortho intramolecular Hbond substituents is 1. The molecule has 15 nitrogen and oxygen atoms in total. The number of amides is 3. The molecule has 376 valence electrons. The lowest BCUT2D eigenvalue weighted by Gasteiger charge is -2.40. The molecule has 1 aliphatic carbocycles. The Bertz CT molecular complexity index is 2990. The van der Waals surface area contributed by atoms with Crippen molar-refractivity contribution in [2.24, 2.45) is 11.3 Å². The molecule has 3 atom stereocenters. The monoisotopic (exact) mass is 980 g/mol. The number of phenols is 1. The van der Waals surface area contributed by atoms with Crippen LogP contribution in [0.2, 0.25) is 0 Å². The Balaban J connectivity index is 0.733. The molecule has 6 aliphatic rings. The zero-order valence-corrected chi connectivity index (χ0v) is 41.1. The van der Waals surface area contributed by atoms with Gasteiger partial charge in [-0.3, -0.25) is 24.7 Å². The van der Waals surface area contributed by atoms with Gasteiger partial charge in [0.25, 0.3) is 5.91 Å². The van der Waals surface area contributed by atoms with Crippen molar-refractivity contribution >= 4 is 50.9 Å². The Hall–Kier alpha value is -6.48. The molecule has 11 rings (SSSR count). The number of anilines is 2. The number of piperidine rings is 2. The molecule has 0 spiro atoms. The van der Waals surface area contributed by atoms with E-state index in [9.17, 15) is 19.5 Å². The van der Waals surface area contributed by atoms with Crippen LogP contribution in [0.3, 0.4) is 0 Å². The second-order valence-electron chi connectivity index (χ2n) is 21.0. The van der Waals surface area contributed by atoms with E-state index in [-0.39, 0.29) is 75.2 Å². The first-order chi connectivity index (χ1) is 34.9. The minimum atomic E-state index is -0.738. The molecule has 2 aromatic heterocycles. The quantitative estimate of drug-likeness (QED) is 0.0902. The summed E-state index contributed by atoms with van der Waals surface area (Å²) >= 11 is 0. The predicted octanol–water partition coefficient (Wildman–Crippen LogP) is 6.23. The number of nitrogens with one attached hydrogen (secondary N) is 2. The number of halogens is 2. The van der Waals surface area contributed by atoms with E-state index in [1.807, 2.05) is 12.1 Å². The lowest BCUT2D eigenvalue weighted by Crippen LogP contribution is -2.56. The standard InChI is InChI=1S/C55H62F2N10O5/c1-4-36-29-66(30-37(5-2)59-36)51-43-26-58-49(42-25-39(68)24-34-7-10-44(56)40(6-3)47(34)42)48(57)50(43)61-54(62-51)72-32-55(15-16-55)31-64-21-19-63(20-22-64)27-33-13-17-65(18-14-33)38-8-9-41-35(23-38)28-67(53(41)71)45-11-12-46(69)60-52(45)70/h3,7-10,23-26,33,36-37,45,59,68H,4-5,11-22,27-32H2,1-2H3,(H,60,69,70). The van der Waals surface area contributed by atoms with E-state index >= 15 is 8.78 Å². The number of aromatic nitrogens is 3. The lowest BCUT2D eigenvalue weighted by atomic mass is 9.95. The average Bonchev–Trinajstić information content (AvgIpc) is 4.08. The van der Waals surface area contributed by atoms with E-state index in [0.717, 1.165) is 102 Å². The summed E-state index contributed by atoms with van der Waals surface area (Å²) in [5.41, 5.74) is 2.66. The molecule has 72 heavy (non-hydrogen) atoms. The Morgan fingerprint density at radius 2 is 1.64 bits per heavy atom. The molecule has 7 heterocycles. The highest BCUT2D eigenvalue weighted by Gasteiger charge is 2.46. The van der Waals surface area contributed by atoms with Crippen molar-refractivity contribution in [2.75, 3.05) is 81.9 Å². The number of aromatic hydroxyl groups is 1. The Kier molecular flexibility index (Phi) is 13.0. The van der Waals surface area contributed by atoms with Gasteiger partial charge in [-0.25, -0.2) is 8.78 Å². The molecule has 17 heteroatoms. The van der Waals surface area contributed by atoms with Crippen LogP contribution in [0.25, 0.3) is 32.9 Å². The smallest absolute Gasteiger partial charge is 0.319 e. The molecule has 0 radical (unpaired) electrons. The first kappa shape index (κ1) is 47.8. The first-order valence-corrected chi connectivity index (χ1v) is 25.8. The largest absolute Gasteiger partial charge is 0.508 e. The summed E-state index contributed by atoms with van der Waals surface area (Å²) in [6, 6.07) is 11.5. The maximum absolute atomic E-state index is 17.2. The maximum Gasteiger partial charge on any atom is 0.319 e. The van der Waals surface area contributed by atoms with Crippen LogP contribution in [0.5, 0.6) is 11.8 Å². The molecule has 5 fully saturated rings. The number of imide groups is 1. The van der Waals surface area contributed by atoms with E-state index in [2.05, 4.69) is 61.1 Å². The number of nitrogens with zero attached hydrogens (tertiary/aromatic N) is 8. The third-order valence-corrected chi connectivity index (χ3v) is 16.2. The van der Waals surface area contributed by atoms with Crippen LogP contribution in [-0.2, 0) is 16.1 Å². The van der Waals surface area contributed by atoms with Gasteiger partial charge in [-0.05, 0) is 98.2 Å². The molecule has 3 amide bonds. The van der Waals surface area contributed by atoms with Gasteiger partial charge in [0.1, 0.15) is 34.6 Å². The molecular formula is C55H62F2N10O5. The van der Waals surface area contributed by atoms with Crippen LogP contribution in [0.15, 0.2) is 48.7 Å². The third-order valence-electron chi connectivity index (χ3n) is 16.2. The number of carbonyl (C=O) groups is 3. The fraction of sp³-hybridized carbons (Fsp3) is 0.491. The van der Waals surface area contributed by atoms with Crippen molar-refractivity contribution in [1.82, 2.24) is 40.3 Å². The van der Waals surface area contributed by atoms with Crippen molar-refractivity contribution in [3.63, 3.8) is 0 Å².